The van der Waals surface area contributed by atoms with Crippen LogP contribution in [0.2, 0.25) is 0 Å². The summed E-state index contributed by atoms with van der Waals surface area (Å²) in [6.45, 7) is 5.12. The average Bonchev–Trinajstić information content (AvgIpc) is 2.24. The molecule has 0 saturated carbocycles. The number of sulfonamides is 1. The van der Waals surface area contributed by atoms with Crippen molar-refractivity contribution in [3.05, 3.63) is 0 Å². The standard InChI is InChI=1S/C12H21NO6S/c1-12(2,3)7-20(18,19)13-5-4-8(10(14)15)9(6-13)11(16)17/h8-9H,4-7H2,1-3H3,(H,14,15)(H,16,17). The third kappa shape index (κ3) is 4.17. The lowest BCUT2D eigenvalue weighted by Crippen LogP contribution is -2.50. The monoisotopic (exact) mass is 307 g/mol. The number of hydrogen-bond acceptors (Lipinski definition) is 4. The minimum atomic E-state index is -3.58. The van der Waals surface area contributed by atoms with Gasteiger partial charge in [-0.2, -0.15) is 0 Å². The summed E-state index contributed by atoms with van der Waals surface area (Å²) in [7, 11) is -3.58. The molecule has 1 heterocycles. The van der Waals surface area contributed by atoms with Crippen molar-refractivity contribution in [1.82, 2.24) is 4.31 Å². The topological polar surface area (TPSA) is 112 Å². The summed E-state index contributed by atoms with van der Waals surface area (Å²) < 4.78 is 25.6. The van der Waals surface area contributed by atoms with E-state index in [0.717, 1.165) is 4.31 Å². The van der Waals surface area contributed by atoms with Crippen LogP contribution >= 0.6 is 0 Å². The Hall–Kier alpha value is -1.15. The molecular weight excluding hydrogens is 286 g/mol. The molecule has 1 aliphatic heterocycles. The zero-order valence-electron chi connectivity index (χ0n) is 11.9. The Morgan fingerprint density at radius 2 is 1.65 bits per heavy atom. The van der Waals surface area contributed by atoms with E-state index in [9.17, 15) is 18.0 Å². The molecule has 0 aromatic rings. The van der Waals surface area contributed by atoms with Gasteiger partial charge in [-0.15, -0.1) is 0 Å². The maximum atomic E-state index is 12.2. The molecule has 20 heavy (non-hydrogen) atoms. The molecule has 1 aliphatic rings. The molecule has 8 heteroatoms. The summed E-state index contributed by atoms with van der Waals surface area (Å²) in [5, 5.41) is 18.1. The largest absolute Gasteiger partial charge is 0.481 e. The lowest BCUT2D eigenvalue weighted by molar-refractivity contribution is -0.156. The van der Waals surface area contributed by atoms with E-state index in [1.807, 2.05) is 0 Å². The Kier molecular flexibility index (Phi) is 4.81. The third-order valence-electron chi connectivity index (χ3n) is 3.22. The highest BCUT2D eigenvalue weighted by Gasteiger charge is 2.42. The van der Waals surface area contributed by atoms with Gasteiger partial charge in [-0.05, 0) is 11.8 Å². The molecule has 0 radical (unpaired) electrons. The fourth-order valence-corrected chi connectivity index (χ4v) is 4.41. The lowest BCUT2D eigenvalue weighted by atomic mass is 9.86. The highest BCUT2D eigenvalue weighted by Crippen LogP contribution is 2.28. The maximum absolute atomic E-state index is 12.2. The Bertz CT molecular complexity index is 493. The van der Waals surface area contributed by atoms with Crippen molar-refractivity contribution < 1.29 is 28.2 Å². The Balaban J connectivity index is 2.92. The van der Waals surface area contributed by atoms with Gasteiger partial charge < -0.3 is 10.2 Å². The van der Waals surface area contributed by atoms with E-state index in [1.165, 1.54) is 0 Å². The second-order valence-electron chi connectivity index (χ2n) is 6.35. The van der Waals surface area contributed by atoms with Crippen molar-refractivity contribution in [3.63, 3.8) is 0 Å². The first-order valence-corrected chi connectivity index (χ1v) is 7.98. The van der Waals surface area contributed by atoms with Crippen LogP contribution in [0.15, 0.2) is 0 Å². The summed E-state index contributed by atoms with van der Waals surface area (Å²) in [5.74, 6) is -4.78. The van der Waals surface area contributed by atoms with Gasteiger partial charge in [0.2, 0.25) is 10.0 Å². The Morgan fingerprint density at radius 1 is 1.15 bits per heavy atom. The highest BCUT2D eigenvalue weighted by molar-refractivity contribution is 7.89. The molecule has 0 spiro atoms. The number of rotatable bonds is 4. The van der Waals surface area contributed by atoms with E-state index < -0.39 is 39.2 Å². The fraction of sp³-hybridized carbons (Fsp3) is 0.833. The molecule has 0 amide bonds. The van der Waals surface area contributed by atoms with Crippen molar-refractivity contribution in [2.24, 2.45) is 17.3 Å². The molecule has 0 aliphatic carbocycles. The Labute approximate surface area is 118 Å². The van der Waals surface area contributed by atoms with Crippen LogP contribution in [0, 0.1) is 17.3 Å². The first-order valence-electron chi connectivity index (χ1n) is 6.37. The number of piperidine rings is 1. The van der Waals surface area contributed by atoms with Crippen LogP contribution in [-0.4, -0.2) is 53.7 Å². The maximum Gasteiger partial charge on any atom is 0.308 e. The molecule has 116 valence electrons. The van der Waals surface area contributed by atoms with Crippen LogP contribution < -0.4 is 0 Å². The molecule has 2 atom stereocenters. The second-order valence-corrected chi connectivity index (χ2v) is 8.32. The van der Waals surface area contributed by atoms with Gasteiger partial charge in [0.1, 0.15) is 0 Å². The van der Waals surface area contributed by atoms with Gasteiger partial charge in [0.25, 0.3) is 0 Å². The first kappa shape index (κ1) is 16.9. The molecule has 0 bridgehead atoms. The summed E-state index contributed by atoms with van der Waals surface area (Å²) in [5.41, 5.74) is -0.443. The number of carbonyl (C=O) groups is 2. The van der Waals surface area contributed by atoms with E-state index in [4.69, 9.17) is 10.2 Å². The van der Waals surface area contributed by atoms with E-state index in [0.29, 0.717) is 0 Å². The highest BCUT2D eigenvalue weighted by atomic mass is 32.2. The average molecular weight is 307 g/mol. The second kappa shape index (κ2) is 5.69. The molecule has 2 unspecified atom stereocenters. The molecule has 0 aromatic carbocycles. The number of carboxylic acids is 2. The predicted octanol–water partition coefficient (Wildman–Crippen LogP) is 0.470. The SMILES string of the molecule is CC(C)(C)CS(=O)(=O)N1CCC(C(=O)O)C(C(=O)O)C1. The van der Waals surface area contributed by atoms with Crippen LogP contribution in [0.25, 0.3) is 0 Å². The molecule has 7 nitrogen and oxygen atoms in total. The van der Waals surface area contributed by atoms with E-state index >= 15 is 0 Å². The van der Waals surface area contributed by atoms with Gasteiger partial charge in [-0.25, -0.2) is 12.7 Å². The lowest BCUT2D eigenvalue weighted by Gasteiger charge is -2.35. The fourth-order valence-electron chi connectivity index (χ4n) is 2.36. The van der Waals surface area contributed by atoms with Gasteiger partial charge in [-0.3, -0.25) is 9.59 Å². The number of carboxylic acid groups (broad SMARTS) is 2. The molecule has 1 saturated heterocycles. The van der Waals surface area contributed by atoms with Crippen LogP contribution in [0.4, 0.5) is 0 Å². The van der Waals surface area contributed by atoms with Crippen LogP contribution in [-0.2, 0) is 19.6 Å². The van der Waals surface area contributed by atoms with Crippen molar-refractivity contribution >= 4 is 22.0 Å². The summed E-state index contributed by atoms with van der Waals surface area (Å²) in [6.07, 6.45) is 0.0235. The van der Waals surface area contributed by atoms with Gasteiger partial charge in [0.05, 0.1) is 17.6 Å². The van der Waals surface area contributed by atoms with Crippen LogP contribution in [0.5, 0.6) is 0 Å². The van der Waals surface area contributed by atoms with Crippen LogP contribution in [0.1, 0.15) is 27.2 Å². The smallest absolute Gasteiger partial charge is 0.308 e. The summed E-state index contributed by atoms with van der Waals surface area (Å²) in [6, 6.07) is 0. The summed E-state index contributed by atoms with van der Waals surface area (Å²) in [4.78, 5) is 22.2. The minimum absolute atomic E-state index is 0.0235. The number of nitrogens with zero attached hydrogens (tertiary/aromatic N) is 1. The van der Waals surface area contributed by atoms with Crippen molar-refractivity contribution in [2.75, 3.05) is 18.8 Å². The van der Waals surface area contributed by atoms with E-state index in [1.54, 1.807) is 20.8 Å². The molecular formula is C12H21NO6S. The Morgan fingerprint density at radius 3 is 2.05 bits per heavy atom. The van der Waals surface area contributed by atoms with Crippen molar-refractivity contribution in [3.8, 4) is 0 Å². The predicted molar refractivity (Wildman–Crippen MR) is 71.7 cm³/mol. The van der Waals surface area contributed by atoms with E-state index in [-0.39, 0.29) is 25.3 Å². The number of hydrogen-bond donors (Lipinski definition) is 2. The van der Waals surface area contributed by atoms with Crippen LogP contribution in [0.3, 0.4) is 0 Å². The normalized spacial score (nSPS) is 25.4. The first-order chi connectivity index (χ1) is 8.94. The van der Waals surface area contributed by atoms with Gasteiger partial charge in [-0.1, -0.05) is 20.8 Å². The molecule has 1 fully saturated rings. The quantitative estimate of drug-likeness (QED) is 0.781. The zero-order valence-corrected chi connectivity index (χ0v) is 12.7. The third-order valence-corrected chi connectivity index (χ3v) is 5.57. The zero-order chi connectivity index (χ0) is 15.7. The molecule has 2 N–H and O–H groups in total. The molecule has 0 aromatic heterocycles. The van der Waals surface area contributed by atoms with Gasteiger partial charge in [0, 0.05) is 13.1 Å². The number of aliphatic carboxylic acids is 2. The van der Waals surface area contributed by atoms with Gasteiger partial charge >= 0.3 is 11.9 Å². The van der Waals surface area contributed by atoms with Crippen molar-refractivity contribution in [2.45, 2.75) is 27.2 Å². The molecule has 1 rings (SSSR count). The minimum Gasteiger partial charge on any atom is -0.481 e. The van der Waals surface area contributed by atoms with Crippen molar-refractivity contribution in [1.29, 1.82) is 0 Å². The van der Waals surface area contributed by atoms with E-state index in [2.05, 4.69) is 0 Å². The summed E-state index contributed by atoms with van der Waals surface area (Å²) >= 11 is 0. The van der Waals surface area contributed by atoms with Gasteiger partial charge in [0.15, 0.2) is 0 Å².